The van der Waals surface area contributed by atoms with E-state index in [-0.39, 0.29) is 5.69 Å². The van der Waals surface area contributed by atoms with E-state index >= 15 is 0 Å². The molecule has 3 N–H and O–H groups in total. The molecule has 2 aromatic rings. The van der Waals surface area contributed by atoms with Gasteiger partial charge in [-0.2, -0.15) is 15.4 Å². The van der Waals surface area contributed by atoms with Gasteiger partial charge in [0.05, 0.1) is 13.7 Å². The molecule has 8 nitrogen and oxygen atoms in total. The Kier molecular flexibility index (Phi) is 4.72. The molecule has 0 bridgehead atoms. The number of ether oxygens (including phenoxy) is 3. The monoisotopic (exact) mass is 292 g/mol. The number of methoxy groups -OCH3 is 2. The predicted molar refractivity (Wildman–Crippen MR) is 74.3 cm³/mol. The summed E-state index contributed by atoms with van der Waals surface area (Å²) < 4.78 is 15.7. The van der Waals surface area contributed by atoms with Crippen LogP contribution in [0.25, 0.3) is 11.3 Å². The van der Waals surface area contributed by atoms with E-state index in [2.05, 4.69) is 15.4 Å². The molecule has 0 fully saturated rings. The van der Waals surface area contributed by atoms with Crippen molar-refractivity contribution in [1.29, 1.82) is 0 Å². The number of amides is 1. The summed E-state index contributed by atoms with van der Waals surface area (Å²) in [6.45, 7) is 0.878. The molecule has 1 heterocycles. The van der Waals surface area contributed by atoms with Gasteiger partial charge in [-0.25, -0.2) is 0 Å². The summed E-state index contributed by atoms with van der Waals surface area (Å²) in [4.78, 5) is 11.3. The molecule has 1 aromatic carbocycles. The number of nitrogens with one attached hydrogen (secondary N) is 1. The van der Waals surface area contributed by atoms with E-state index in [0.29, 0.717) is 36.0 Å². The number of carbonyl (C=O) groups is 1. The molecular weight excluding hydrogens is 276 g/mol. The molecule has 0 spiro atoms. The first-order valence-electron chi connectivity index (χ1n) is 6.18. The number of hydrogen-bond acceptors (Lipinski definition) is 6. The second-order valence-corrected chi connectivity index (χ2v) is 4.09. The maximum atomic E-state index is 11.3. The Morgan fingerprint density at radius 3 is 2.71 bits per heavy atom. The van der Waals surface area contributed by atoms with Crippen LogP contribution in [0.15, 0.2) is 18.2 Å². The third-order valence-corrected chi connectivity index (χ3v) is 2.76. The Bertz CT molecular complexity index is 626. The van der Waals surface area contributed by atoms with Gasteiger partial charge in [-0.3, -0.25) is 4.79 Å². The average molecular weight is 292 g/mol. The smallest absolute Gasteiger partial charge is 0.271 e. The highest BCUT2D eigenvalue weighted by atomic mass is 16.5. The van der Waals surface area contributed by atoms with Gasteiger partial charge in [0.2, 0.25) is 0 Å². The minimum Gasteiger partial charge on any atom is -0.493 e. The fourth-order valence-corrected chi connectivity index (χ4v) is 1.77. The Morgan fingerprint density at radius 1 is 1.24 bits per heavy atom. The van der Waals surface area contributed by atoms with Gasteiger partial charge in [-0.1, -0.05) is 0 Å². The summed E-state index contributed by atoms with van der Waals surface area (Å²) in [7, 11) is 3.12. The van der Waals surface area contributed by atoms with E-state index in [1.165, 1.54) is 7.11 Å². The molecule has 1 aromatic heterocycles. The van der Waals surface area contributed by atoms with Crippen LogP contribution in [-0.4, -0.2) is 48.8 Å². The average Bonchev–Trinajstić information content (AvgIpc) is 2.97. The fourth-order valence-electron chi connectivity index (χ4n) is 1.77. The summed E-state index contributed by atoms with van der Waals surface area (Å²) in [6, 6.07) is 5.17. The van der Waals surface area contributed by atoms with E-state index in [1.807, 2.05) is 0 Å². The maximum Gasteiger partial charge on any atom is 0.271 e. The topological polar surface area (TPSA) is 112 Å². The Labute approximate surface area is 121 Å². The maximum absolute atomic E-state index is 11.3. The third kappa shape index (κ3) is 3.29. The standard InChI is InChI=1S/C13H16N4O4/c1-19-5-6-21-9-4-3-8(7-10(9)20-2)11-12(13(14)18)16-17-15-11/h3-4,7H,5-6H2,1-2H3,(H2,14,18)(H,15,16,17). The molecule has 0 radical (unpaired) electrons. The van der Waals surface area contributed by atoms with Crippen molar-refractivity contribution < 1.29 is 19.0 Å². The SMILES string of the molecule is COCCOc1ccc(-c2n[nH]nc2C(N)=O)cc1OC. The molecule has 0 aliphatic heterocycles. The number of H-pyrrole nitrogens is 1. The van der Waals surface area contributed by atoms with Crippen LogP contribution in [-0.2, 0) is 4.74 Å². The summed E-state index contributed by atoms with van der Waals surface area (Å²) in [5.41, 5.74) is 6.33. The van der Waals surface area contributed by atoms with Gasteiger partial charge in [0.25, 0.3) is 5.91 Å². The van der Waals surface area contributed by atoms with Gasteiger partial charge in [0, 0.05) is 12.7 Å². The fraction of sp³-hybridized carbons (Fsp3) is 0.308. The number of aromatic amines is 1. The molecule has 8 heteroatoms. The molecule has 21 heavy (non-hydrogen) atoms. The van der Waals surface area contributed by atoms with Crippen LogP contribution < -0.4 is 15.2 Å². The Balaban J connectivity index is 2.30. The van der Waals surface area contributed by atoms with Gasteiger partial charge >= 0.3 is 0 Å². The van der Waals surface area contributed by atoms with Crippen molar-refractivity contribution in [3.8, 4) is 22.8 Å². The molecule has 0 atom stereocenters. The molecule has 1 amide bonds. The quantitative estimate of drug-likeness (QED) is 0.723. The summed E-state index contributed by atoms with van der Waals surface area (Å²) in [5.74, 6) is 0.433. The minimum atomic E-state index is -0.655. The lowest BCUT2D eigenvalue weighted by molar-refractivity contribution is 0.0996. The highest BCUT2D eigenvalue weighted by Gasteiger charge is 2.17. The lowest BCUT2D eigenvalue weighted by Crippen LogP contribution is -2.12. The molecule has 0 saturated heterocycles. The van der Waals surface area contributed by atoms with Crippen LogP contribution in [0, 0.1) is 0 Å². The lowest BCUT2D eigenvalue weighted by Gasteiger charge is -2.11. The molecule has 0 aliphatic rings. The van der Waals surface area contributed by atoms with Crippen LogP contribution in [0.5, 0.6) is 11.5 Å². The van der Waals surface area contributed by atoms with Crippen LogP contribution in [0.1, 0.15) is 10.5 Å². The third-order valence-electron chi connectivity index (χ3n) is 2.76. The van der Waals surface area contributed by atoms with Crippen molar-refractivity contribution in [3.63, 3.8) is 0 Å². The zero-order valence-corrected chi connectivity index (χ0v) is 11.8. The molecule has 112 valence electrons. The van der Waals surface area contributed by atoms with Crippen LogP contribution >= 0.6 is 0 Å². The second kappa shape index (κ2) is 6.71. The van der Waals surface area contributed by atoms with E-state index in [4.69, 9.17) is 19.9 Å². The van der Waals surface area contributed by atoms with Crippen molar-refractivity contribution in [2.75, 3.05) is 27.4 Å². The molecular formula is C13H16N4O4. The number of aromatic nitrogens is 3. The number of carbonyl (C=O) groups excluding carboxylic acids is 1. The zero-order chi connectivity index (χ0) is 15.2. The van der Waals surface area contributed by atoms with Gasteiger partial charge in [0.1, 0.15) is 12.3 Å². The van der Waals surface area contributed by atoms with Gasteiger partial charge in [0.15, 0.2) is 17.2 Å². The Hall–Kier alpha value is -2.61. The molecule has 2 rings (SSSR count). The van der Waals surface area contributed by atoms with Crippen molar-refractivity contribution in [2.45, 2.75) is 0 Å². The largest absolute Gasteiger partial charge is 0.493 e. The number of primary amides is 1. The first-order valence-corrected chi connectivity index (χ1v) is 6.18. The van der Waals surface area contributed by atoms with Crippen molar-refractivity contribution in [1.82, 2.24) is 15.4 Å². The number of nitrogens with zero attached hydrogens (tertiary/aromatic N) is 2. The predicted octanol–water partition coefficient (Wildman–Crippen LogP) is 0.604. The molecule has 0 aliphatic carbocycles. The van der Waals surface area contributed by atoms with Gasteiger partial charge in [-0.15, -0.1) is 0 Å². The van der Waals surface area contributed by atoms with E-state index in [1.54, 1.807) is 25.3 Å². The lowest BCUT2D eigenvalue weighted by atomic mass is 10.1. The van der Waals surface area contributed by atoms with Crippen LogP contribution in [0.4, 0.5) is 0 Å². The van der Waals surface area contributed by atoms with Crippen LogP contribution in [0.3, 0.4) is 0 Å². The zero-order valence-electron chi connectivity index (χ0n) is 11.8. The number of nitrogens with two attached hydrogens (primary N) is 1. The minimum absolute atomic E-state index is 0.0742. The van der Waals surface area contributed by atoms with Crippen molar-refractivity contribution in [3.05, 3.63) is 23.9 Å². The van der Waals surface area contributed by atoms with E-state index in [9.17, 15) is 4.79 Å². The van der Waals surface area contributed by atoms with Gasteiger partial charge < -0.3 is 19.9 Å². The first kappa shape index (κ1) is 14.8. The second-order valence-electron chi connectivity index (χ2n) is 4.09. The number of hydrogen-bond donors (Lipinski definition) is 2. The Morgan fingerprint density at radius 2 is 2.05 bits per heavy atom. The van der Waals surface area contributed by atoms with Gasteiger partial charge in [-0.05, 0) is 18.2 Å². The van der Waals surface area contributed by atoms with Crippen molar-refractivity contribution in [2.24, 2.45) is 5.73 Å². The molecule has 0 saturated carbocycles. The number of rotatable bonds is 7. The number of benzene rings is 1. The van der Waals surface area contributed by atoms with E-state index in [0.717, 1.165) is 0 Å². The summed E-state index contributed by atoms with van der Waals surface area (Å²) in [5, 5.41) is 10.0. The van der Waals surface area contributed by atoms with Crippen molar-refractivity contribution >= 4 is 5.91 Å². The summed E-state index contributed by atoms with van der Waals surface area (Å²) in [6.07, 6.45) is 0. The summed E-state index contributed by atoms with van der Waals surface area (Å²) >= 11 is 0. The van der Waals surface area contributed by atoms with Crippen LogP contribution in [0.2, 0.25) is 0 Å². The highest BCUT2D eigenvalue weighted by molar-refractivity contribution is 5.96. The normalized spacial score (nSPS) is 10.4. The first-order chi connectivity index (χ1) is 10.2. The highest BCUT2D eigenvalue weighted by Crippen LogP contribution is 2.32. The van der Waals surface area contributed by atoms with E-state index < -0.39 is 5.91 Å². The molecule has 0 unspecified atom stereocenters.